The smallest absolute Gasteiger partial charge is 0.186 e. The largest absolute Gasteiger partial charge is 0.496 e. The average Bonchev–Trinajstić information content (AvgIpc) is 2.54. The lowest BCUT2D eigenvalue weighted by Crippen LogP contribution is -2.53. The summed E-state index contributed by atoms with van der Waals surface area (Å²) in [4.78, 5) is 15.4. The molecule has 0 spiro atoms. The van der Waals surface area contributed by atoms with Crippen LogP contribution in [0.5, 0.6) is 5.75 Å². The van der Waals surface area contributed by atoms with Gasteiger partial charge in [0.2, 0.25) is 0 Å². The molecule has 3 heteroatoms. The maximum atomic E-state index is 13.1. The average molecular weight is 275 g/mol. The van der Waals surface area contributed by atoms with Gasteiger partial charge in [-0.1, -0.05) is 25.5 Å². The quantitative estimate of drug-likeness (QED) is 0.770. The fourth-order valence-corrected chi connectivity index (χ4v) is 3.04. The number of ether oxygens (including phenoxy) is 1. The summed E-state index contributed by atoms with van der Waals surface area (Å²) < 4.78 is 5.35. The van der Waals surface area contributed by atoms with Crippen molar-refractivity contribution < 1.29 is 9.53 Å². The maximum absolute atomic E-state index is 13.1. The highest BCUT2D eigenvalue weighted by molar-refractivity contribution is 6.05. The Kier molecular flexibility index (Phi) is 4.81. The number of carbonyl (C=O) groups excluding carboxylic acids is 1. The van der Waals surface area contributed by atoms with E-state index < -0.39 is 5.54 Å². The van der Waals surface area contributed by atoms with E-state index in [-0.39, 0.29) is 5.78 Å². The Labute approximate surface area is 121 Å². The number of carbonyl (C=O) groups is 1. The van der Waals surface area contributed by atoms with Crippen LogP contribution >= 0.6 is 0 Å². The van der Waals surface area contributed by atoms with Gasteiger partial charge in [0.05, 0.1) is 18.2 Å². The number of nitrogens with zero attached hydrogens (tertiary/aromatic N) is 1. The van der Waals surface area contributed by atoms with Crippen LogP contribution in [-0.2, 0) is 0 Å². The molecule has 0 N–H and O–H groups in total. The molecule has 2 rings (SSSR count). The summed E-state index contributed by atoms with van der Waals surface area (Å²) in [6, 6.07) is 7.54. The molecule has 0 radical (unpaired) electrons. The Balaban J connectivity index is 2.32. The van der Waals surface area contributed by atoms with Crippen molar-refractivity contribution in [2.45, 2.75) is 45.1 Å². The van der Waals surface area contributed by atoms with Crippen molar-refractivity contribution in [2.24, 2.45) is 0 Å². The van der Waals surface area contributed by atoms with Gasteiger partial charge in [0.15, 0.2) is 5.78 Å². The van der Waals surface area contributed by atoms with Crippen molar-refractivity contribution in [3.63, 3.8) is 0 Å². The molecule has 1 heterocycles. The third-order valence-electron chi connectivity index (χ3n) is 4.58. The first-order valence-corrected chi connectivity index (χ1v) is 7.56. The van der Waals surface area contributed by atoms with Gasteiger partial charge >= 0.3 is 0 Å². The first-order valence-electron chi connectivity index (χ1n) is 7.56. The van der Waals surface area contributed by atoms with Crippen molar-refractivity contribution in [3.05, 3.63) is 29.8 Å². The monoisotopic (exact) mass is 275 g/mol. The second kappa shape index (κ2) is 6.40. The molecule has 0 bridgehead atoms. The van der Waals surface area contributed by atoms with E-state index in [1.165, 1.54) is 19.3 Å². The summed E-state index contributed by atoms with van der Waals surface area (Å²) in [5.74, 6) is 0.855. The molecular formula is C17H25NO2. The topological polar surface area (TPSA) is 29.5 Å². The van der Waals surface area contributed by atoms with Crippen molar-refractivity contribution in [3.8, 4) is 5.75 Å². The molecule has 110 valence electrons. The molecule has 1 aromatic rings. The lowest BCUT2D eigenvalue weighted by atomic mass is 9.85. The van der Waals surface area contributed by atoms with Crippen LogP contribution < -0.4 is 4.74 Å². The molecular weight excluding hydrogens is 250 g/mol. The van der Waals surface area contributed by atoms with Gasteiger partial charge in [-0.2, -0.15) is 0 Å². The molecule has 1 aliphatic rings. The van der Waals surface area contributed by atoms with Crippen LogP contribution in [0.15, 0.2) is 24.3 Å². The number of ketones is 1. The third kappa shape index (κ3) is 2.73. The molecule has 1 aliphatic heterocycles. The second-order valence-electron chi connectivity index (χ2n) is 5.70. The highest BCUT2D eigenvalue weighted by Gasteiger charge is 2.39. The molecule has 1 atom stereocenters. The van der Waals surface area contributed by atoms with Gasteiger partial charge in [0.25, 0.3) is 0 Å². The van der Waals surface area contributed by atoms with E-state index in [1.54, 1.807) is 7.11 Å². The predicted octanol–water partition coefficient (Wildman–Crippen LogP) is 3.53. The van der Waals surface area contributed by atoms with Gasteiger partial charge in [-0.3, -0.25) is 9.69 Å². The Bertz CT molecular complexity index is 466. The fourth-order valence-electron chi connectivity index (χ4n) is 3.04. The van der Waals surface area contributed by atoms with Crippen LogP contribution in [0.3, 0.4) is 0 Å². The van der Waals surface area contributed by atoms with Crippen molar-refractivity contribution in [2.75, 3.05) is 20.2 Å². The summed E-state index contributed by atoms with van der Waals surface area (Å²) in [6.45, 7) is 6.21. The highest BCUT2D eigenvalue weighted by atomic mass is 16.5. The number of hydrogen-bond donors (Lipinski definition) is 0. The minimum Gasteiger partial charge on any atom is -0.496 e. The second-order valence-corrected chi connectivity index (χ2v) is 5.70. The SMILES string of the molecule is CCC(C)(C(=O)c1ccccc1OC)N1CCCCC1. The van der Waals surface area contributed by atoms with Crippen molar-refractivity contribution >= 4 is 5.78 Å². The number of rotatable bonds is 5. The maximum Gasteiger partial charge on any atom is 0.186 e. The number of benzene rings is 1. The first-order chi connectivity index (χ1) is 9.63. The fraction of sp³-hybridized carbons (Fsp3) is 0.588. The highest BCUT2D eigenvalue weighted by Crippen LogP contribution is 2.31. The molecule has 0 saturated carbocycles. The van der Waals surface area contributed by atoms with E-state index in [4.69, 9.17) is 4.74 Å². The lowest BCUT2D eigenvalue weighted by Gasteiger charge is -2.42. The number of para-hydroxylation sites is 1. The summed E-state index contributed by atoms with van der Waals surface area (Å²) in [7, 11) is 1.62. The molecule has 0 aliphatic carbocycles. The lowest BCUT2D eigenvalue weighted by molar-refractivity contribution is 0.0503. The van der Waals surface area contributed by atoms with Crippen LogP contribution in [0.25, 0.3) is 0 Å². The van der Waals surface area contributed by atoms with Crippen LogP contribution in [0.2, 0.25) is 0 Å². The zero-order valence-corrected chi connectivity index (χ0v) is 12.8. The molecule has 1 unspecified atom stereocenters. The molecule has 1 fully saturated rings. The van der Waals surface area contributed by atoms with Crippen LogP contribution in [0.4, 0.5) is 0 Å². The minimum atomic E-state index is -0.422. The van der Waals surface area contributed by atoms with Gasteiger partial charge in [0, 0.05) is 0 Å². The number of methoxy groups -OCH3 is 1. The number of piperidine rings is 1. The minimum absolute atomic E-state index is 0.180. The Hall–Kier alpha value is -1.35. The standard InChI is InChI=1S/C17H25NO2/c1-4-17(2,18-12-8-5-9-13-18)16(19)14-10-6-7-11-15(14)20-3/h6-7,10-11H,4-5,8-9,12-13H2,1-3H3. The molecule has 1 saturated heterocycles. The van der Waals surface area contributed by atoms with Crippen LogP contribution in [-0.4, -0.2) is 36.4 Å². The van der Waals surface area contributed by atoms with Gasteiger partial charge in [-0.25, -0.2) is 0 Å². The van der Waals surface area contributed by atoms with Crippen LogP contribution in [0, 0.1) is 0 Å². The zero-order chi connectivity index (χ0) is 14.6. The van der Waals surface area contributed by atoms with Gasteiger partial charge in [-0.05, 0) is 51.4 Å². The third-order valence-corrected chi connectivity index (χ3v) is 4.58. The Morgan fingerprint density at radius 2 is 1.90 bits per heavy atom. The van der Waals surface area contributed by atoms with Crippen molar-refractivity contribution in [1.82, 2.24) is 4.90 Å². The summed E-state index contributed by atoms with van der Waals surface area (Å²) >= 11 is 0. The van der Waals surface area contributed by atoms with E-state index in [0.717, 1.165) is 19.5 Å². The van der Waals surface area contributed by atoms with Gasteiger partial charge in [0.1, 0.15) is 5.75 Å². The summed E-state index contributed by atoms with van der Waals surface area (Å²) in [5.41, 5.74) is 0.277. The molecule has 0 aromatic heterocycles. The Morgan fingerprint density at radius 1 is 1.25 bits per heavy atom. The van der Waals surface area contributed by atoms with E-state index >= 15 is 0 Å². The molecule has 1 aromatic carbocycles. The molecule has 20 heavy (non-hydrogen) atoms. The Morgan fingerprint density at radius 3 is 2.50 bits per heavy atom. The molecule has 3 nitrogen and oxygen atoms in total. The van der Waals surface area contributed by atoms with E-state index in [1.807, 2.05) is 24.3 Å². The van der Waals surface area contributed by atoms with Crippen LogP contribution in [0.1, 0.15) is 49.9 Å². The molecule has 0 amide bonds. The first kappa shape index (κ1) is 15.0. The summed E-state index contributed by atoms with van der Waals surface area (Å²) in [5, 5.41) is 0. The normalized spacial score (nSPS) is 19.4. The summed E-state index contributed by atoms with van der Waals surface area (Å²) in [6.07, 6.45) is 4.48. The zero-order valence-electron chi connectivity index (χ0n) is 12.8. The van der Waals surface area contributed by atoms with E-state index in [0.29, 0.717) is 11.3 Å². The van der Waals surface area contributed by atoms with E-state index in [9.17, 15) is 4.79 Å². The number of hydrogen-bond acceptors (Lipinski definition) is 3. The van der Waals surface area contributed by atoms with E-state index in [2.05, 4.69) is 18.7 Å². The number of Topliss-reactive ketones (excluding diaryl/α,β-unsaturated/α-hetero) is 1. The predicted molar refractivity (Wildman–Crippen MR) is 81.4 cm³/mol. The number of likely N-dealkylation sites (tertiary alicyclic amines) is 1. The van der Waals surface area contributed by atoms with Crippen molar-refractivity contribution in [1.29, 1.82) is 0 Å². The van der Waals surface area contributed by atoms with Gasteiger partial charge < -0.3 is 4.74 Å². The van der Waals surface area contributed by atoms with Gasteiger partial charge in [-0.15, -0.1) is 0 Å².